The van der Waals surface area contributed by atoms with Gasteiger partial charge in [-0.15, -0.1) is 0 Å². The zero-order chi connectivity index (χ0) is 16.7. The van der Waals surface area contributed by atoms with Crippen LogP contribution in [0.3, 0.4) is 0 Å². The number of aromatic nitrogens is 1. The fourth-order valence-corrected chi connectivity index (χ4v) is 2.07. The Bertz CT molecular complexity index is 658. The minimum absolute atomic E-state index is 0.0474. The lowest BCUT2D eigenvalue weighted by molar-refractivity contribution is 0.0949. The predicted molar refractivity (Wildman–Crippen MR) is 88.2 cm³/mol. The van der Waals surface area contributed by atoms with Gasteiger partial charge in [0.15, 0.2) is 0 Å². The summed E-state index contributed by atoms with van der Waals surface area (Å²) in [4.78, 5) is 16.4. The molecule has 0 aliphatic heterocycles. The molecule has 122 valence electrons. The van der Waals surface area contributed by atoms with Gasteiger partial charge in [-0.05, 0) is 30.5 Å². The average molecular weight is 314 g/mol. The van der Waals surface area contributed by atoms with Gasteiger partial charge < -0.3 is 15.2 Å². The first-order valence-corrected chi connectivity index (χ1v) is 7.72. The summed E-state index contributed by atoms with van der Waals surface area (Å²) in [6.07, 6.45) is 2.49. The van der Waals surface area contributed by atoms with E-state index in [1.807, 2.05) is 38.1 Å². The van der Waals surface area contributed by atoms with E-state index in [0.717, 1.165) is 17.5 Å². The Morgan fingerprint density at radius 2 is 2.04 bits per heavy atom. The Kier molecular flexibility index (Phi) is 6.11. The number of hydrogen-bond acceptors (Lipinski definition) is 4. The van der Waals surface area contributed by atoms with Gasteiger partial charge in [0.2, 0.25) is 5.88 Å². The summed E-state index contributed by atoms with van der Waals surface area (Å²) >= 11 is 0. The summed E-state index contributed by atoms with van der Waals surface area (Å²) in [5, 5.41) is 12.2. The van der Waals surface area contributed by atoms with Crippen LogP contribution in [0.25, 0.3) is 0 Å². The summed E-state index contributed by atoms with van der Waals surface area (Å²) in [6.45, 7) is 4.30. The number of rotatable bonds is 7. The molecule has 0 aliphatic carbocycles. The Morgan fingerprint density at radius 1 is 1.30 bits per heavy atom. The van der Waals surface area contributed by atoms with Crippen LogP contribution in [0, 0.1) is 0 Å². The maximum Gasteiger partial charge on any atom is 0.251 e. The number of pyridine rings is 1. The van der Waals surface area contributed by atoms with Gasteiger partial charge in [0.25, 0.3) is 5.91 Å². The first kappa shape index (κ1) is 17.0. The molecule has 5 nitrogen and oxygen atoms in total. The summed E-state index contributed by atoms with van der Waals surface area (Å²) in [5.74, 6) is 0.247. The lowest BCUT2D eigenvalue weighted by Crippen LogP contribution is -2.23. The first-order chi connectivity index (χ1) is 11.1. The van der Waals surface area contributed by atoms with Crippen LogP contribution in [-0.4, -0.2) is 22.1 Å². The third-order valence-corrected chi connectivity index (χ3v) is 3.62. The number of aliphatic hydroxyl groups is 1. The maximum atomic E-state index is 12.3. The van der Waals surface area contributed by atoms with Crippen LogP contribution in [-0.2, 0) is 13.2 Å². The fourth-order valence-electron chi connectivity index (χ4n) is 2.07. The largest absolute Gasteiger partial charge is 0.475 e. The van der Waals surface area contributed by atoms with Crippen molar-refractivity contribution in [1.82, 2.24) is 10.3 Å². The topological polar surface area (TPSA) is 71.5 Å². The normalized spacial score (nSPS) is 11.8. The van der Waals surface area contributed by atoms with Crippen molar-refractivity contribution in [1.29, 1.82) is 0 Å². The molecule has 0 saturated heterocycles. The molecule has 2 aromatic rings. The van der Waals surface area contributed by atoms with Gasteiger partial charge in [0.1, 0.15) is 0 Å². The molecule has 1 aromatic carbocycles. The molecule has 1 aromatic heterocycles. The van der Waals surface area contributed by atoms with Crippen LogP contribution in [0.5, 0.6) is 5.88 Å². The molecule has 0 spiro atoms. The minimum Gasteiger partial charge on any atom is -0.475 e. The molecule has 5 heteroatoms. The van der Waals surface area contributed by atoms with Crippen molar-refractivity contribution in [3.05, 3.63) is 59.3 Å². The Hall–Kier alpha value is -2.40. The van der Waals surface area contributed by atoms with Crippen LogP contribution in [0.15, 0.2) is 42.6 Å². The molecule has 23 heavy (non-hydrogen) atoms. The second-order valence-corrected chi connectivity index (χ2v) is 5.33. The number of nitrogens with one attached hydrogen (secondary N) is 1. The van der Waals surface area contributed by atoms with Crippen LogP contribution in [0.2, 0.25) is 0 Å². The zero-order valence-electron chi connectivity index (χ0n) is 13.5. The lowest BCUT2D eigenvalue weighted by atomic mass is 10.1. The molecule has 2 rings (SSSR count). The molecule has 1 amide bonds. The molecule has 1 atom stereocenters. The second-order valence-electron chi connectivity index (χ2n) is 5.33. The van der Waals surface area contributed by atoms with Gasteiger partial charge in [-0.1, -0.05) is 31.2 Å². The molecular weight excluding hydrogens is 292 g/mol. The van der Waals surface area contributed by atoms with E-state index < -0.39 is 0 Å². The third-order valence-electron chi connectivity index (χ3n) is 3.62. The van der Waals surface area contributed by atoms with Crippen LogP contribution in [0.4, 0.5) is 0 Å². The SMILES string of the molecule is CCC(C)Oc1cc(C(=O)NCc2ccccc2CO)ccn1. The van der Waals surface area contributed by atoms with E-state index >= 15 is 0 Å². The highest BCUT2D eigenvalue weighted by molar-refractivity contribution is 5.94. The van der Waals surface area contributed by atoms with E-state index in [1.165, 1.54) is 0 Å². The van der Waals surface area contributed by atoms with Crippen molar-refractivity contribution in [2.75, 3.05) is 0 Å². The van der Waals surface area contributed by atoms with Crippen molar-refractivity contribution >= 4 is 5.91 Å². The number of hydrogen-bond donors (Lipinski definition) is 2. The molecule has 0 aliphatic rings. The molecule has 2 N–H and O–H groups in total. The number of carbonyl (C=O) groups excluding carboxylic acids is 1. The van der Waals surface area contributed by atoms with Gasteiger partial charge in [0, 0.05) is 24.4 Å². The van der Waals surface area contributed by atoms with E-state index in [4.69, 9.17) is 4.74 Å². The summed E-state index contributed by atoms with van der Waals surface area (Å²) in [6, 6.07) is 10.8. The van der Waals surface area contributed by atoms with Gasteiger partial charge in [-0.2, -0.15) is 0 Å². The Balaban J connectivity index is 2.02. The first-order valence-electron chi connectivity index (χ1n) is 7.72. The van der Waals surface area contributed by atoms with Gasteiger partial charge in [-0.25, -0.2) is 4.98 Å². The van der Waals surface area contributed by atoms with Crippen molar-refractivity contribution in [3.63, 3.8) is 0 Å². The standard InChI is InChI=1S/C18H22N2O3/c1-3-13(2)23-17-10-14(8-9-19-17)18(22)20-11-15-6-4-5-7-16(15)12-21/h4-10,13,21H,3,11-12H2,1-2H3,(H,20,22). The van der Waals surface area contributed by atoms with E-state index in [2.05, 4.69) is 10.3 Å². The van der Waals surface area contributed by atoms with E-state index in [0.29, 0.717) is 18.0 Å². The van der Waals surface area contributed by atoms with E-state index in [-0.39, 0.29) is 18.6 Å². The van der Waals surface area contributed by atoms with Crippen LogP contribution < -0.4 is 10.1 Å². The highest BCUT2D eigenvalue weighted by Gasteiger charge is 2.10. The van der Waals surface area contributed by atoms with Gasteiger partial charge in [0.05, 0.1) is 12.7 Å². The number of nitrogens with zero attached hydrogens (tertiary/aromatic N) is 1. The van der Waals surface area contributed by atoms with Crippen LogP contribution in [0.1, 0.15) is 41.8 Å². The molecule has 0 radical (unpaired) electrons. The third kappa shape index (κ3) is 4.79. The zero-order valence-corrected chi connectivity index (χ0v) is 13.5. The number of aliphatic hydroxyl groups excluding tert-OH is 1. The summed E-state index contributed by atoms with van der Waals surface area (Å²) in [7, 11) is 0. The maximum absolute atomic E-state index is 12.3. The van der Waals surface area contributed by atoms with Crippen molar-refractivity contribution in [2.45, 2.75) is 39.5 Å². The number of amides is 1. The van der Waals surface area contributed by atoms with Gasteiger partial charge in [-0.3, -0.25) is 4.79 Å². The Labute approximate surface area is 136 Å². The quantitative estimate of drug-likeness (QED) is 0.824. The van der Waals surface area contributed by atoms with Crippen molar-refractivity contribution in [3.8, 4) is 5.88 Å². The number of benzene rings is 1. The fraction of sp³-hybridized carbons (Fsp3) is 0.333. The minimum atomic E-state index is -0.200. The van der Waals surface area contributed by atoms with Crippen molar-refractivity contribution < 1.29 is 14.6 Å². The van der Waals surface area contributed by atoms with Crippen molar-refractivity contribution in [2.24, 2.45) is 0 Å². The smallest absolute Gasteiger partial charge is 0.251 e. The highest BCUT2D eigenvalue weighted by atomic mass is 16.5. The number of ether oxygens (including phenoxy) is 1. The molecular formula is C18H22N2O3. The molecule has 1 unspecified atom stereocenters. The number of carbonyl (C=O) groups is 1. The average Bonchev–Trinajstić information content (AvgIpc) is 2.60. The lowest BCUT2D eigenvalue weighted by Gasteiger charge is -2.12. The second kappa shape index (κ2) is 8.29. The highest BCUT2D eigenvalue weighted by Crippen LogP contribution is 2.13. The molecule has 0 saturated carbocycles. The predicted octanol–water partition coefficient (Wildman–Crippen LogP) is 2.68. The van der Waals surface area contributed by atoms with Crippen LogP contribution >= 0.6 is 0 Å². The molecule has 0 bridgehead atoms. The Morgan fingerprint density at radius 3 is 2.74 bits per heavy atom. The van der Waals surface area contributed by atoms with E-state index in [1.54, 1.807) is 18.3 Å². The summed E-state index contributed by atoms with van der Waals surface area (Å²) in [5.41, 5.74) is 2.21. The van der Waals surface area contributed by atoms with Gasteiger partial charge >= 0.3 is 0 Å². The molecule has 0 fully saturated rings. The van der Waals surface area contributed by atoms with E-state index in [9.17, 15) is 9.90 Å². The molecule has 1 heterocycles. The summed E-state index contributed by atoms with van der Waals surface area (Å²) < 4.78 is 5.63. The monoisotopic (exact) mass is 314 g/mol.